The molecular formula is C11H14ClN. The predicted molar refractivity (Wildman–Crippen MR) is 56.3 cm³/mol. The molecule has 0 amide bonds. The van der Waals surface area contributed by atoms with Crippen LogP contribution in [0.4, 0.5) is 0 Å². The SMILES string of the molecule is CC1NCCC1c1cccc(Cl)c1. The Morgan fingerprint density at radius 2 is 2.31 bits per heavy atom. The highest BCUT2D eigenvalue weighted by atomic mass is 35.5. The summed E-state index contributed by atoms with van der Waals surface area (Å²) in [6, 6.07) is 8.79. The van der Waals surface area contributed by atoms with Crippen LogP contribution in [0.5, 0.6) is 0 Å². The Morgan fingerprint density at radius 3 is 2.92 bits per heavy atom. The van der Waals surface area contributed by atoms with Crippen molar-refractivity contribution in [1.82, 2.24) is 5.32 Å². The van der Waals surface area contributed by atoms with Gasteiger partial charge in [-0.25, -0.2) is 0 Å². The van der Waals surface area contributed by atoms with E-state index < -0.39 is 0 Å². The standard InChI is InChI=1S/C11H14ClN/c1-8-11(5-6-13-8)9-3-2-4-10(12)7-9/h2-4,7-8,11,13H,5-6H2,1H3. The molecule has 0 radical (unpaired) electrons. The summed E-state index contributed by atoms with van der Waals surface area (Å²) in [5.74, 6) is 0.638. The lowest BCUT2D eigenvalue weighted by Gasteiger charge is -2.15. The minimum Gasteiger partial charge on any atom is -0.314 e. The summed E-state index contributed by atoms with van der Waals surface area (Å²) in [6.45, 7) is 3.36. The smallest absolute Gasteiger partial charge is 0.0408 e. The van der Waals surface area contributed by atoms with E-state index in [2.05, 4.69) is 24.4 Å². The Labute approximate surface area is 84.1 Å². The zero-order chi connectivity index (χ0) is 9.26. The third-order valence-electron chi connectivity index (χ3n) is 2.80. The molecule has 1 heterocycles. The van der Waals surface area contributed by atoms with Crippen molar-refractivity contribution >= 4 is 11.6 Å². The fourth-order valence-electron chi connectivity index (χ4n) is 2.05. The highest BCUT2D eigenvalue weighted by Gasteiger charge is 2.23. The van der Waals surface area contributed by atoms with Crippen LogP contribution in [-0.4, -0.2) is 12.6 Å². The average molecular weight is 196 g/mol. The number of halogens is 1. The van der Waals surface area contributed by atoms with Gasteiger partial charge in [-0.15, -0.1) is 0 Å². The number of hydrogen-bond acceptors (Lipinski definition) is 1. The van der Waals surface area contributed by atoms with Gasteiger partial charge in [-0.3, -0.25) is 0 Å². The van der Waals surface area contributed by atoms with Crippen LogP contribution >= 0.6 is 11.6 Å². The molecule has 0 aliphatic carbocycles. The van der Waals surface area contributed by atoms with Gasteiger partial charge < -0.3 is 5.32 Å². The van der Waals surface area contributed by atoms with Gasteiger partial charge in [0.05, 0.1) is 0 Å². The molecule has 2 rings (SSSR count). The summed E-state index contributed by atoms with van der Waals surface area (Å²) in [5.41, 5.74) is 1.37. The Bertz CT molecular complexity index is 298. The molecule has 1 aromatic rings. The second-order valence-corrected chi connectivity index (χ2v) is 4.13. The van der Waals surface area contributed by atoms with Crippen molar-refractivity contribution < 1.29 is 0 Å². The molecule has 2 atom stereocenters. The third-order valence-corrected chi connectivity index (χ3v) is 3.04. The number of nitrogens with one attached hydrogen (secondary N) is 1. The van der Waals surface area contributed by atoms with Gasteiger partial charge in [0, 0.05) is 17.0 Å². The first kappa shape index (κ1) is 9.04. The Balaban J connectivity index is 2.24. The molecule has 1 nitrogen and oxygen atoms in total. The molecule has 2 unspecified atom stereocenters. The van der Waals surface area contributed by atoms with E-state index in [0.717, 1.165) is 11.6 Å². The van der Waals surface area contributed by atoms with Crippen LogP contribution < -0.4 is 5.32 Å². The lowest BCUT2D eigenvalue weighted by atomic mass is 9.93. The molecule has 1 aliphatic rings. The van der Waals surface area contributed by atoms with Crippen LogP contribution in [0.15, 0.2) is 24.3 Å². The van der Waals surface area contributed by atoms with Gasteiger partial charge in [0.15, 0.2) is 0 Å². The van der Waals surface area contributed by atoms with E-state index in [1.807, 2.05) is 12.1 Å². The summed E-state index contributed by atoms with van der Waals surface area (Å²) < 4.78 is 0. The van der Waals surface area contributed by atoms with Gasteiger partial charge >= 0.3 is 0 Å². The number of hydrogen-bond donors (Lipinski definition) is 1. The van der Waals surface area contributed by atoms with Gasteiger partial charge in [0.25, 0.3) is 0 Å². The minimum absolute atomic E-state index is 0.582. The summed E-state index contributed by atoms with van der Waals surface area (Å²) in [6.07, 6.45) is 1.22. The molecule has 1 fully saturated rings. The molecule has 0 bridgehead atoms. The van der Waals surface area contributed by atoms with Crippen molar-refractivity contribution in [3.05, 3.63) is 34.9 Å². The highest BCUT2D eigenvalue weighted by Crippen LogP contribution is 2.28. The van der Waals surface area contributed by atoms with Crippen molar-refractivity contribution in [2.45, 2.75) is 25.3 Å². The van der Waals surface area contributed by atoms with Gasteiger partial charge in [-0.2, -0.15) is 0 Å². The maximum absolute atomic E-state index is 5.95. The van der Waals surface area contributed by atoms with Gasteiger partial charge in [0.2, 0.25) is 0 Å². The normalized spacial score (nSPS) is 27.8. The molecule has 1 N–H and O–H groups in total. The van der Waals surface area contributed by atoms with Crippen molar-refractivity contribution in [3.8, 4) is 0 Å². The zero-order valence-corrected chi connectivity index (χ0v) is 8.51. The largest absolute Gasteiger partial charge is 0.314 e. The molecule has 70 valence electrons. The van der Waals surface area contributed by atoms with Crippen LogP contribution in [0.1, 0.15) is 24.8 Å². The fourth-order valence-corrected chi connectivity index (χ4v) is 2.25. The van der Waals surface area contributed by atoms with Gasteiger partial charge in [-0.05, 0) is 37.6 Å². The van der Waals surface area contributed by atoms with Gasteiger partial charge in [-0.1, -0.05) is 23.7 Å². The minimum atomic E-state index is 0.582. The zero-order valence-electron chi connectivity index (χ0n) is 7.76. The number of rotatable bonds is 1. The van der Waals surface area contributed by atoms with Crippen molar-refractivity contribution in [3.63, 3.8) is 0 Å². The monoisotopic (exact) mass is 195 g/mol. The number of benzene rings is 1. The van der Waals surface area contributed by atoms with Crippen LogP contribution in [0.2, 0.25) is 5.02 Å². The third kappa shape index (κ3) is 1.87. The summed E-state index contributed by atoms with van der Waals surface area (Å²) in [5, 5.41) is 4.29. The molecule has 1 saturated heterocycles. The molecule has 1 aliphatic heterocycles. The van der Waals surface area contributed by atoms with Crippen molar-refractivity contribution in [2.24, 2.45) is 0 Å². The van der Waals surface area contributed by atoms with Crippen LogP contribution in [-0.2, 0) is 0 Å². The van der Waals surface area contributed by atoms with Crippen LogP contribution in [0.25, 0.3) is 0 Å². The van der Waals surface area contributed by atoms with E-state index in [0.29, 0.717) is 12.0 Å². The summed E-state index contributed by atoms with van der Waals surface area (Å²) in [4.78, 5) is 0. The maximum Gasteiger partial charge on any atom is 0.0408 e. The van der Waals surface area contributed by atoms with Crippen LogP contribution in [0.3, 0.4) is 0 Å². The van der Waals surface area contributed by atoms with Crippen molar-refractivity contribution in [2.75, 3.05) is 6.54 Å². The Morgan fingerprint density at radius 1 is 1.46 bits per heavy atom. The van der Waals surface area contributed by atoms with E-state index in [1.165, 1.54) is 12.0 Å². The molecule has 1 aromatic carbocycles. The first-order valence-corrected chi connectivity index (χ1v) is 5.14. The lowest BCUT2D eigenvalue weighted by Crippen LogP contribution is -2.21. The molecular weight excluding hydrogens is 182 g/mol. The first-order chi connectivity index (χ1) is 6.27. The Kier molecular flexibility index (Phi) is 2.56. The van der Waals surface area contributed by atoms with Gasteiger partial charge in [0.1, 0.15) is 0 Å². The van der Waals surface area contributed by atoms with E-state index in [-0.39, 0.29) is 0 Å². The average Bonchev–Trinajstić information content (AvgIpc) is 2.51. The second-order valence-electron chi connectivity index (χ2n) is 3.69. The van der Waals surface area contributed by atoms with E-state index in [4.69, 9.17) is 11.6 Å². The van der Waals surface area contributed by atoms with E-state index in [9.17, 15) is 0 Å². The molecule has 2 heteroatoms. The predicted octanol–water partition coefficient (Wildman–Crippen LogP) is 2.81. The molecule has 13 heavy (non-hydrogen) atoms. The molecule has 0 aromatic heterocycles. The molecule has 0 spiro atoms. The fraction of sp³-hybridized carbons (Fsp3) is 0.455. The van der Waals surface area contributed by atoms with E-state index in [1.54, 1.807) is 0 Å². The van der Waals surface area contributed by atoms with Crippen LogP contribution in [0, 0.1) is 0 Å². The maximum atomic E-state index is 5.95. The van der Waals surface area contributed by atoms with Crippen molar-refractivity contribution in [1.29, 1.82) is 0 Å². The lowest BCUT2D eigenvalue weighted by molar-refractivity contribution is 0.594. The Hall–Kier alpha value is -0.530. The summed E-state index contributed by atoms with van der Waals surface area (Å²) in [7, 11) is 0. The summed E-state index contributed by atoms with van der Waals surface area (Å²) >= 11 is 5.95. The van der Waals surface area contributed by atoms with E-state index >= 15 is 0 Å². The first-order valence-electron chi connectivity index (χ1n) is 4.76. The molecule has 0 saturated carbocycles. The highest BCUT2D eigenvalue weighted by molar-refractivity contribution is 6.30. The second kappa shape index (κ2) is 3.69. The quantitative estimate of drug-likeness (QED) is 0.727. The topological polar surface area (TPSA) is 12.0 Å².